The third-order valence-corrected chi connectivity index (χ3v) is 1.84. The SMILES string of the molecule is N[C@@H](CS)CC(C(=O)O)C(=O)O. The number of nitrogens with two attached hydrogens (primary N) is 1. The van der Waals surface area contributed by atoms with E-state index in [1.165, 1.54) is 0 Å². The molecule has 0 fully saturated rings. The van der Waals surface area contributed by atoms with Crippen LogP contribution < -0.4 is 5.73 Å². The van der Waals surface area contributed by atoms with Gasteiger partial charge in [-0.25, -0.2) is 0 Å². The van der Waals surface area contributed by atoms with Crippen molar-refractivity contribution in [2.24, 2.45) is 11.7 Å². The van der Waals surface area contributed by atoms with E-state index in [4.69, 9.17) is 15.9 Å². The molecule has 0 aromatic carbocycles. The highest BCUT2D eigenvalue weighted by molar-refractivity contribution is 7.80. The lowest BCUT2D eigenvalue weighted by Crippen LogP contribution is -2.33. The average molecular weight is 193 g/mol. The van der Waals surface area contributed by atoms with Gasteiger partial charge in [0.05, 0.1) is 0 Å². The van der Waals surface area contributed by atoms with E-state index in [-0.39, 0.29) is 12.2 Å². The van der Waals surface area contributed by atoms with E-state index in [0.29, 0.717) is 0 Å². The molecule has 5 nitrogen and oxygen atoms in total. The Morgan fingerprint density at radius 3 is 2.00 bits per heavy atom. The van der Waals surface area contributed by atoms with Crippen LogP contribution in [0.5, 0.6) is 0 Å². The largest absolute Gasteiger partial charge is 0.481 e. The quantitative estimate of drug-likeness (QED) is 0.345. The summed E-state index contributed by atoms with van der Waals surface area (Å²) in [6.07, 6.45) is -0.0891. The Morgan fingerprint density at radius 1 is 1.33 bits per heavy atom. The van der Waals surface area contributed by atoms with E-state index in [9.17, 15) is 9.59 Å². The number of hydrogen-bond donors (Lipinski definition) is 4. The molecule has 0 aliphatic carbocycles. The third-order valence-electron chi connectivity index (χ3n) is 1.37. The fourth-order valence-corrected chi connectivity index (χ4v) is 0.834. The lowest BCUT2D eigenvalue weighted by atomic mass is 10.0. The maximum Gasteiger partial charge on any atom is 0.317 e. The van der Waals surface area contributed by atoms with Crippen molar-refractivity contribution in [2.45, 2.75) is 12.5 Å². The average Bonchev–Trinajstić information content (AvgIpc) is 1.98. The molecule has 0 aliphatic rings. The molecule has 70 valence electrons. The Bertz CT molecular complexity index is 170. The van der Waals surface area contributed by atoms with Gasteiger partial charge in [0.15, 0.2) is 5.92 Å². The summed E-state index contributed by atoms with van der Waals surface area (Å²) < 4.78 is 0. The summed E-state index contributed by atoms with van der Waals surface area (Å²) in [5.41, 5.74) is 5.35. The molecule has 0 rings (SSSR count). The van der Waals surface area contributed by atoms with Crippen molar-refractivity contribution in [1.29, 1.82) is 0 Å². The van der Waals surface area contributed by atoms with Gasteiger partial charge in [0, 0.05) is 11.8 Å². The van der Waals surface area contributed by atoms with Gasteiger partial charge in [-0.2, -0.15) is 12.6 Å². The topological polar surface area (TPSA) is 101 Å². The van der Waals surface area contributed by atoms with Gasteiger partial charge in [0.25, 0.3) is 0 Å². The zero-order valence-electron chi connectivity index (χ0n) is 6.30. The minimum absolute atomic E-state index is 0.0891. The van der Waals surface area contributed by atoms with Gasteiger partial charge in [-0.05, 0) is 6.42 Å². The van der Waals surface area contributed by atoms with Crippen LogP contribution in [-0.2, 0) is 9.59 Å². The van der Waals surface area contributed by atoms with Crippen LogP contribution in [0.15, 0.2) is 0 Å². The first-order valence-electron chi connectivity index (χ1n) is 3.31. The summed E-state index contributed by atoms with van der Waals surface area (Å²) in [5.74, 6) is -3.87. The van der Waals surface area contributed by atoms with Gasteiger partial charge in [-0.1, -0.05) is 0 Å². The summed E-state index contributed by atoms with van der Waals surface area (Å²) in [6.45, 7) is 0. The fourth-order valence-electron chi connectivity index (χ4n) is 0.685. The third kappa shape index (κ3) is 3.59. The smallest absolute Gasteiger partial charge is 0.317 e. The molecule has 6 heteroatoms. The van der Waals surface area contributed by atoms with Crippen LogP contribution in [0.3, 0.4) is 0 Å². The molecule has 4 N–H and O–H groups in total. The molecule has 0 radical (unpaired) electrons. The zero-order valence-corrected chi connectivity index (χ0v) is 7.20. The predicted molar refractivity (Wildman–Crippen MR) is 45.2 cm³/mol. The first kappa shape index (κ1) is 11.2. The fraction of sp³-hybridized carbons (Fsp3) is 0.667. The molecule has 1 atom stereocenters. The van der Waals surface area contributed by atoms with Crippen molar-refractivity contribution in [2.75, 3.05) is 5.75 Å². The van der Waals surface area contributed by atoms with Crippen LogP contribution in [0.2, 0.25) is 0 Å². The van der Waals surface area contributed by atoms with Gasteiger partial charge < -0.3 is 15.9 Å². The molecule has 12 heavy (non-hydrogen) atoms. The molecule has 0 unspecified atom stereocenters. The highest BCUT2D eigenvalue weighted by atomic mass is 32.1. The number of carboxylic acid groups (broad SMARTS) is 2. The molecular weight excluding hydrogens is 182 g/mol. The molecule has 0 aromatic rings. The summed E-state index contributed by atoms with van der Waals surface area (Å²) in [4.78, 5) is 20.7. The number of carbonyl (C=O) groups is 2. The Hall–Kier alpha value is -0.750. The van der Waals surface area contributed by atoms with E-state index in [1.807, 2.05) is 0 Å². The van der Waals surface area contributed by atoms with Crippen LogP contribution >= 0.6 is 12.6 Å². The summed E-state index contributed by atoms with van der Waals surface area (Å²) in [6, 6.07) is -0.495. The van der Waals surface area contributed by atoms with Crippen molar-refractivity contribution in [3.8, 4) is 0 Å². The maximum absolute atomic E-state index is 10.3. The van der Waals surface area contributed by atoms with Crippen molar-refractivity contribution < 1.29 is 19.8 Å². The number of rotatable bonds is 5. The molecule has 0 saturated heterocycles. The lowest BCUT2D eigenvalue weighted by Gasteiger charge is -2.11. The van der Waals surface area contributed by atoms with E-state index >= 15 is 0 Å². The molecule has 0 bridgehead atoms. The number of aliphatic carboxylic acids is 2. The minimum Gasteiger partial charge on any atom is -0.481 e. The van der Waals surface area contributed by atoms with Gasteiger partial charge in [0.2, 0.25) is 0 Å². The number of thiol groups is 1. The summed E-state index contributed by atoms with van der Waals surface area (Å²) in [5, 5.41) is 16.9. The van der Waals surface area contributed by atoms with Gasteiger partial charge in [0.1, 0.15) is 0 Å². The second kappa shape index (κ2) is 5.00. The predicted octanol–water partition coefficient (Wildman–Crippen LogP) is -0.581. The molecule has 0 aliphatic heterocycles. The molecule has 0 saturated carbocycles. The summed E-state index contributed by atoms with van der Waals surface area (Å²) in [7, 11) is 0. The van der Waals surface area contributed by atoms with Gasteiger partial charge >= 0.3 is 11.9 Å². The maximum atomic E-state index is 10.3. The Kier molecular flexibility index (Phi) is 4.68. The molecule has 0 spiro atoms. The zero-order chi connectivity index (χ0) is 9.72. The Morgan fingerprint density at radius 2 is 1.75 bits per heavy atom. The summed E-state index contributed by atoms with van der Waals surface area (Å²) >= 11 is 3.82. The monoisotopic (exact) mass is 193 g/mol. The second-order valence-electron chi connectivity index (χ2n) is 2.41. The van der Waals surface area contributed by atoms with Crippen molar-refractivity contribution in [3.63, 3.8) is 0 Å². The number of hydrogen-bond acceptors (Lipinski definition) is 4. The Labute approximate surface area is 75.0 Å². The highest BCUT2D eigenvalue weighted by Gasteiger charge is 2.27. The van der Waals surface area contributed by atoms with Crippen LogP contribution in [-0.4, -0.2) is 33.9 Å². The van der Waals surface area contributed by atoms with Crippen LogP contribution in [0.4, 0.5) is 0 Å². The molecule has 0 amide bonds. The Balaban J connectivity index is 4.14. The normalized spacial score (nSPS) is 12.9. The highest BCUT2D eigenvalue weighted by Crippen LogP contribution is 2.07. The number of carboxylic acids is 2. The molecular formula is C6H11NO4S. The molecule has 0 heterocycles. The van der Waals surface area contributed by atoms with Gasteiger partial charge in [-0.3, -0.25) is 9.59 Å². The van der Waals surface area contributed by atoms with Crippen LogP contribution in [0.1, 0.15) is 6.42 Å². The van der Waals surface area contributed by atoms with Crippen LogP contribution in [0, 0.1) is 5.92 Å². The first-order valence-corrected chi connectivity index (χ1v) is 3.94. The van der Waals surface area contributed by atoms with Gasteiger partial charge in [-0.15, -0.1) is 0 Å². The van der Waals surface area contributed by atoms with Crippen molar-refractivity contribution >= 4 is 24.6 Å². The van der Waals surface area contributed by atoms with E-state index in [2.05, 4.69) is 12.6 Å². The van der Waals surface area contributed by atoms with Crippen molar-refractivity contribution in [1.82, 2.24) is 0 Å². The lowest BCUT2D eigenvalue weighted by molar-refractivity contribution is -0.154. The first-order chi connectivity index (χ1) is 5.49. The van der Waals surface area contributed by atoms with E-state index in [1.54, 1.807) is 0 Å². The molecule has 0 aromatic heterocycles. The second-order valence-corrected chi connectivity index (χ2v) is 2.77. The minimum atomic E-state index is -1.42. The van der Waals surface area contributed by atoms with Crippen molar-refractivity contribution in [3.05, 3.63) is 0 Å². The van der Waals surface area contributed by atoms with E-state index in [0.717, 1.165) is 0 Å². The van der Waals surface area contributed by atoms with Crippen LogP contribution in [0.25, 0.3) is 0 Å². The van der Waals surface area contributed by atoms with E-state index < -0.39 is 23.9 Å². The standard InChI is InChI=1S/C6H11NO4S/c7-3(2-12)1-4(5(8)9)6(10)11/h3-4,12H,1-2,7H2,(H,8,9)(H,10,11)/t3-/m1/s1.